The van der Waals surface area contributed by atoms with Gasteiger partial charge in [0.1, 0.15) is 0 Å². The maximum Gasteiger partial charge on any atom is 0.236 e. The molecule has 0 atom stereocenters. The van der Waals surface area contributed by atoms with Gasteiger partial charge >= 0.3 is 0 Å². The van der Waals surface area contributed by atoms with Crippen LogP contribution in [0.3, 0.4) is 0 Å². The third-order valence-electron chi connectivity index (χ3n) is 6.17. The second kappa shape index (κ2) is 9.23. The first-order valence-electron chi connectivity index (χ1n) is 11.0. The van der Waals surface area contributed by atoms with E-state index in [1.165, 1.54) is 29.1 Å². The Hall–Kier alpha value is -1.31. The van der Waals surface area contributed by atoms with Crippen LogP contribution >= 0.6 is 11.3 Å². The van der Waals surface area contributed by atoms with E-state index >= 15 is 0 Å². The molecule has 29 heavy (non-hydrogen) atoms. The van der Waals surface area contributed by atoms with Gasteiger partial charge in [0.25, 0.3) is 0 Å². The van der Waals surface area contributed by atoms with Gasteiger partial charge < -0.3 is 4.90 Å². The van der Waals surface area contributed by atoms with Gasteiger partial charge in [0.05, 0.1) is 12.2 Å². The van der Waals surface area contributed by atoms with Gasteiger partial charge in [0.15, 0.2) is 10.8 Å². The summed E-state index contributed by atoms with van der Waals surface area (Å²) < 4.78 is 0. The lowest BCUT2D eigenvalue weighted by molar-refractivity contribution is -0.134. The minimum Gasteiger partial charge on any atom is -0.339 e. The lowest BCUT2D eigenvalue weighted by Gasteiger charge is -2.39. The van der Waals surface area contributed by atoms with E-state index in [0.29, 0.717) is 24.1 Å². The number of hydrogen-bond donors (Lipinski definition) is 0. The van der Waals surface area contributed by atoms with Gasteiger partial charge in [-0.15, -0.1) is 11.3 Å². The molecule has 2 aliphatic heterocycles. The topological polar surface area (TPSA) is 56.8 Å². The SMILES string of the molecule is CCC(CC)N1CCN(C(=O)CN2CCc3sc(C(=O)C(C)(C)C)nc3C2)CC1. The normalized spacial score (nSPS) is 18.9. The molecule has 6 nitrogen and oxygen atoms in total. The van der Waals surface area contributed by atoms with E-state index in [1.54, 1.807) is 0 Å². The molecule has 1 amide bonds. The number of fused-ring (bicyclic) bond motifs is 1. The van der Waals surface area contributed by atoms with Crippen LogP contribution in [0.1, 0.15) is 67.8 Å². The van der Waals surface area contributed by atoms with Crippen LogP contribution in [0.15, 0.2) is 0 Å². The van der Waals surface area contributed by atoms with E-state index in [1.807, 2.05) is 25.7 Å². The van der Waals surface area contributed by atoms with Gasteiger partial charge in [-0.3, -0.25) is 19.4 Å². The summed E-state index contributed by atoms with van der Waals surface area (Å²) in [6.45, 7) is 15.9. The van der Waals surface area contributed by atoms with Crippen molar-refractivity contribution in [3.63, 3.8) is 0 Å². The second-order valence-corrected chi connectivity index (χ2v) is 10.4. The fourth-order valence-corrected chi connectivity index (χ4v) is 5.45. The van der Waals surface area contributed by atoms with Crippen molar-refractivity contribution in [2.75, 3.05) is 39.3 Å². The Morgan fingerprint density at radius 3 is 2.31 bits per heavy atom. The summed E-state index contributed by atoms with van der Waals surface area (Å²) in [5.74, 6) is 0.328. The van der Waals surface area contributed by atoms with E-state index in [2.05, 4.69) is 28.6 Å². The molecule has 0 N–H and O–H groups in total. The highest BCUT2D eigenvalue weighted by Crippen LogP contribution is 2.29. The zero-order valence-corrected chi connectivity index (χ0v) is 19.5. The molecule has 1 fully saturated rings. The zero-order valence-electron chi connectivity index (χ0n) is 18.7. The van der Waals surface area contributed by atoms with E-state index in [4.69, 9.17) is 0 Å². The highest BCUT2D eigenvalue weighted by Gasteiger charge is 2.30. The third kappa shape index (κ3) is 5.25. The quantitative estimate of drug-likeness (QED) is 0.662. The monoisotopic (exact) mass is 420 g/mol. The summed E-state index contributed by atoms with van der Waals surface area (Å²) in [5, 5.41) is 0.619. The molecule has 3 heterocycles. The number of carbonyl (C=O) groups is 2. The fraction of sp³-hybridized carbons (Fsp3) is 0.773. The zero-order chi connectivity index (χ0) is 21.2. The molecule has 0 spiro atoms. The predicted octanol–water partition coefficient (Wildman–Crippen LogP) is 3.06. The molecular weight excluding hydrogens is 384 g/mol. The van der Waals surface area contributed by atoms with Crippen LogP contribution in [0, 0.1) is 5.41 Å². The fourth-order valence-electron chi connectivity index (χ4n) is 4.24. The van der Waals surface area contributed by atoms with Crippen molar-refractivity contribution in [2.24, 2.45) is 5.41 Å². The highest BCUT2D eigenvalue weighted by molar-refractivity contribution is 7.13. The summed E-state index contributed by atoms with van der Waals surface area (Å²) in [6, 6.07) is 0.641. The molecule has 1 aromatic rings. The molecule has 0 radical (unpaired) electrons. The van der Waals surface area contributed by atoms with Crippen molar-refractivity contribution in [1.82, 2.24) is 19.7 Å². The molecule has 0 saturated carbocycles. The van der Waals surface area contributed by atoms with Crippen LogP contribution in [-0.4, -0.2) is 76.7 Å². The van der Waals surface area contributed by atoms with Crippen LogP contribution < -0.4 is 0 Å². The minimum atomic E-state index is -0.410. The molecular formula is C22H36N4O2S. The molecule has 1 saturated heterocycles. The maximum atomic E-state index is 12.8. The number of carbonyl (C=O) groups excluding carboxylic acids is 2. The van der Waals surface area contributed by atoms with Crippen molar-refractivity contribution in [3.05, 3.63) is 15.6 Å². The predicted molar refractivity (Wildman–Crippen MR) is 117 cm³/mol. The number of piperazine rings is 1. The van der Waals surface area contributed by atoms with Crippen molar-refractivity contribution >= 4 is 23.0 Å². The molecule has 1 aromatic heterocycles. The molecule has 0 aromatic carbocycles. The highest BCUT2D eigenvalue weighted by atomic mass is 32.1. The third-order valence-corrected chi connectivity index (χ3v) is 7.32. The Bertz CT molecular complexity index is 728. The first-order chi connectivity index (χ1) is 13.7. The molecule has 162 valence electrons. The molecule has 0 unspecified atom stereocenters. The van der Waals surface area contributed by atoms with Gasteiger partial charge in [-0.05, 0) is 19.3 Å². The van der Waals surface area contributed by atoms with E-state index in [9.17, 15) is 9.59 Å². The number of hydrogen-bond acceptors (Lipinski definition) is 6. The van der Waals surface area contributed by atoms with Crippen molar-refractivity contribution < 1.29 is 9.59 Å². The van der Waals surface area contributed by atoms with Gasteiger partial charge in [-0.1, -0.05) is 34.6 Å². The summed E-state index contributed by atoms with van der Waals surface area (Å²) in [6.07, 6.45) is 3.22. The summed E-state index contributed by atoms with van der Waals surface area (Å²) in [4.78, 5) is 37.9. The summed E-state index contributed by atoms with van der Waals surface area (Å²) in [7, 11) is 0. The number of rotatable bonds is 6. The summed E-state index contributed by atoms with van der Waals surface area (Å²) in [5.41, 5.74) is 0.576. The Labute approximate surface area is 179 Å². The summed E-state index contributed by atoms with van der Waals surface area (Å²) >= 11 is 1.54. The number of amides is 1. The number of Topliss-reactive ketones (excluding diaryl/α,β-unsaturated/α-hetero) is 1. The first kappa shape index (κ1) is 22.4. The van der Waals surface area contributed by atoms with Gasteiger partial charge in [-0.2, -0.15) is 0 Å². The molecule has 0 bridgehead atoms. The van der Waals surface area contributed by atoms with E-state index < -0.39 is 5.41 Å². The standard InChI is InChI=1S/C22H36N4O2S/c1-6-16(7-2)25-10-12-26(13-11-25)19(27)15-24-9-8-18-17(14-24)23-21(29-18)20(28)22(3,4)5/h16H,6-15H2,1-5H3. The van der Waals surface area contributed by atoms with E-state index in [-0.39, 0.29) is 11.7 Å². The van der Waals surface area contributed by atoms with Crippen LogP contribution in [-0.2, 0) is 17.8 Å². The largest absolute Gasteiger partial charge is 0.339 e. The van der Waals surface area contributed by atoms with Crippen LogP contribution in [0.2, 0.25) is 0 Å². The Kier molecular flexibility index (Phi) is 7.12. The van der Waals surface area contributed by atoms with Gasteiger partial charge in [-0.25, -0.2) is 4.98 Å². The average molecular weight is 421 g/mol. The Morgan fingerprint density at radius 1 is 1.07 bits per heavy atom. The maximum absolute atomic E-state index is 12.8. The van der Waals surface area contributed by atoms with Crippen LogP contribution in [0.4, 0.5) is 0 Å². The van der Waals surface area contributed by atoms with E-state index in [0.717, 1.165) is 44.8 Å². The number of thiazole rings is 1. The Balaban J connectivity index is 1.53. The van der Waals surface area contributed by atoms with Crippen molar-refractivity contribution in [3.8, 4) is 0 Å². The van der Waals surface area contributed by atoms with Crippen LogP contribution in [0.25, 0.3) is 0 Å². The minimum absolute atomic E-state index is 0.106. The molecule has 0 aliphatic carbocycles. The average Bonchev–Trinajstić information content (AvgIpc) is 3.11. The number of ketones is 1. The number of aromatic nitrogens is 1. The lowest BCUT2D eigenvalue weighted by atomic mass is 9.91. The lowest BCUT2D eigenvalue weighted by Crippen LogP contribution is -2.53. The van der Waals surface area contributed by atoms with Crippen molar-refractivity contribution in [1.29, 1.82) is 0 Å². The molecule has 7 heteroatoms. The second-order valence-electron chi connectivity index (χ2n) is 9.32. The van der Waals surface area contributed by atoms with Gasteiger partial charge in [0, 0.05) is 55.6 Å². The van der Waals surface area contributed by atoms with Crippen molar-refractivity contribution in [2.45, 2.75) is 66.5 Å². The molecule has 2 aliphatic rings. The van der Waals surface area contributed by atoms with Gasteiger partial charge in [0.2, 0.25) is 5.91 Å². The smallest absolute Gasteiger partial charge is 0.236 e. The molecule has 3 rings (SSSR count). The van der Waals surface area contributed by atoms with Crippen LogP contribution in [0.5, 0.6) is 0 Å². The first-order valence-corrected chi connectivity index (χ1v) is 11.8. The Morgan fingerprint density at radius 2 is 1.72 bits per heavy atom. The number of nitrogens with zero attached hydrogens (tertiary/aromatic N) is 4.